The minimum absolute atomic E-state index is 0.206. The second kappa shape index (κ2) is 6.35. The first kappa shape index (κ1) is 15.9. The van der Waals surface area contributed by atoms with Gasteiger partial charge in [0.05, 0.1) is 5.75 Å². The lowest BCUT2D eigenvalue weighted by Gasteiger charge is -2.38. The molecule has 0 aromatic heterocycles. The summed E-state index contributed by atoms with van der Waals surface area (Å²) in [6.07, 6.45) is 4.91. The molecule has 0 amide bonds. The van der Waals surface area contributed by atoms with Gasteiger partial charge in [-0.2, -0.15) is 0 Å². The van der Waals surface area contributed by atoms with E-state index < -0.39 is 10.0 Å². The smallest absolute Gasteiger partial charge is 0.214 e. The summed E-state index contributed by atoms with van der Waals surface area (Å²) in [6, 6.07) is 0.206. The lowest BCUT2D eigenvalue weighted by atomic mass is 9.76. The van der Waals surface area contributed by atoms with E-state index in [1.165, 1.54) is 0 Å². The first-order valence-electron chi connectivity index (χ1n) is 6.89. The van der Waals surface area contributed by atoms with Gasteiger partial charge in [0.15, 0.2) is 0 Å². The summed E-state index contributed by atoms with van der Waals surface area (Å²) in [5.41, 5.74) is 0.382. The monoisotopic (exact) mass is 276 g/mol. The molecule has 0 aliphatic heterocycles. The Morgan fingerprint density at radius 3 is 2.33 bits per heavy atom. The van der Waals surface area contributed by atoms with E-state index in [1.807, 2.05) is 7.05 Å². The Morgan fingerprint density at radius 1 is 1.28 bits per heavy atom. The standard InChI is InChI=1S/C13H28N2O2S/c1-13(2)8-6-12(7-9-13)15(4)18(16,17)11-5-10-14-3/h12,14H,5-11H2,1-4H3. The zero-order chi connectivity index (χ0) is 13.8. The van der Waals surface area contributed by atoms with E-state index in [4.69, 9.17) is 0 Å². The van der Waals surface area contributed by atoms with Gasteiger partial charge in [-0.15, -0.1) is 0 Å². The minimum atomic E-state index is -3.08. The van der Waals surface area contributed by atoms with Crippen molar-refractivity contribution in [1.29, 1.82) is 0 Å². The topological polar surface area (TPSA) is 49.4 Å². The fourth-order valence-electron chi connectivity index (χ4n) is 2.55. The molecule has 1 rings (SSSR count). The van der Waals surface area contributed by atoms with Gasteiger partial charge in [-0.1, -0.05) is 13.8 Å². The van der Waals surface area contributed by atoms with E-state index in [0.29, 0.717) is 11.8 Å². The SMILES string of the molecule is CNCCCS(=O)(=O)N(C)C1CCC(C)(C)CC1. The van der Waals surface area contributed by atoms with E-state index in [0.717, 1.165) is 32.2 Å². The highest BCUT2D eigenvalue weighted by Crippen LogP contribution is 2.37. The number of sulfonamides is 1. The average Bonchev–Trinajstić information content (AvgIpc) is 2.28. The molecule has 1 N–H and O–H groups in total. The summed E-state index contributed by atoms with van der Waals surface area (Å²) >= 11 is 0. The van der Waals surface area contributed by atoms with Gasteiger partial charge < -0.3 is 5.32 Å². The van der Waals surface area contributed by atoms with Crippen molar-refractivity contribution in [2.24, 2.45) is 5.41 Å². The van der Waals surface area contributed by atoms with Crippen molar-refractivity contribution in [2.45, 2.75) is 52.0 Å². The van der Waals surface area contributed by atoms with Gasteiger partial charge in [-0.05, 0) is 51.1 Å². The predicted molar refractivity (Wildman–Crippen MR) is 76.1 cm³/mol. The average molecular weight is 276 g/mol. The van der Waals surface area contributed by atoms with Crippen molar-refractivity contribution in [3.05, 3.63) is 0 Å². The van der Waals surface area contributed by atoms with E-state index in [2.05, 4.69) is 19.2 Å². The number of hydrogen-bond donors (Lipinski definition) is 1. The van der Waals surface area contributed by atoms with Crippen LogP contribution in [0.3, 0.4) is 0 Å². The molecule has 0 atom stereocenters. The molecule has 0 aromatic rings. The molecular weight excluding hydrogens is 248 g/mol. The van der Waals surface area contributed by atoms with Crippen molar-refractivity contribution < 1.29 is 8.42 Å². The molecule has 0 aromatic carbocycles. The number of nitrogens with one attached hydrogen (secondary N) is 1. The van der Waals surface area contributed by atoms with Crippen LogP contribution in [0.2, 0.25) is 0 Å². The maximum absolute atomic E-state index is 12.2. The van der Waals surface area contributed by atoms with Gasteiger partial charge in [-0.3, -0.25) is 0 Å². The molecule has 0 unspecified atom stereocenters. The zero-order valence-electron chi connectivity index (χ0n) is 12.2. The number of nitrogens with zero attached hydrogens (tertiary/aromatic N) is 1. The molecule has 18 heavy (non-hydrogen) atoms. The molecule has 0 bridgehead atoms. The van der Waals surface area contributed by atoms with E-state index >= 15 is 0 Å². The van der Waals surface area contributed by atoms with Crippen LogP contribution < -0.4 is 5.32 Å². The molecule has 0 spiro atoms. The van der Waals surface area contributed by atoms with Crippen LogP contribution in [-0.4, -0.2) is 45.2 Å². The van der Waals surface area contributed by atoms with Gasteiger partial charge in [0, 0.05) is 13.1 Å². The van der Waals surface area contributed by atoms with E-state index in [9.17, 15) is 8.42 Å². The molecule has 1 aliphatic carbocycles. The number of hydrogen-bond acceptors (Lipinski definition) is 3. The first-order valence-corrected chi connectivity index (χ1v) is 8.50. The second-order valence-electron chi connectivity index (χ2n) is 6.18. The fourth-order valence-corrected chi connectivity index (χ4v) is 4.01. The molecule has 0 saturated heterocycles. The molecule has 5 heteroatoms. The lowest BCUT2D eigenvalue weighted by molar-refractivity contribution is 0.174. The summed E-state index contributed by atoms with van der Waals surface area (Å²) in [7, 11) is 0.518. The summed E-state index contributed by atoms with van der Waals surface area (Å²) in [4.78, 5) is 0. The van der Waals surface area contributed by atoms with Gasteiger partial charge in [-0.25, -0.2) is 12.7 Å². The van der Waals surface area contributed by atoms with Crippen LogP contribution in [0.1, 0.15) is 46.0 Å². The van der Waals surface area contributed by atoms with Gasteiger partial charge in [0.2, 0.25) is 10.0 Å². The summed E-state index contributed by atoms with van der Waals surface area (Å²) < 4.78 is 26.0. The molecule has 0 heterocycles. The van der Waals surface area contributed by atoms with Gasteiger partial charge in [0.1, 0.15) is 0 Å². The molecule has 4 nitrogen and oxygen atoms in total. The number of rotatable bonds is 6. The Balaban J connectivity index is 2.51. The quantitative estimate of drug-likeness (QED) is 0.753. The van der Waals surface area contributed by atoms with Crippen LogP contribution in [0.25, 0.3) is 0 Å². The highest BCUT2D eigenvalue weighted by molar-refractivity contribution is 7.89. The maximum Gasteiger partial charge on any atom is 0.214 e. The second-order valence-corrected chi connectivity index (χ2v) is 8.33. The highest BCUT2D eigenvalue weighted by Gasteiger charge is 2.32. The van der Waals surface area contributed by atoms with Crippen LogP contribution >= 0.6 is 0 Å². The van der Waals surface area contributed by atoms with Gasteiger partial charge >= 0.3 is 0 Å². The molecule has 108 valence electrons. The van der Waals surface area contributed by atoms with Crippen molar-refractivity contribution in [1.82, 2.24) is 9.62 Å². The third-order valence-corrected chi connectivity index (χ3v) is 6.07. The van der Waals surface area contributed by atoms with Crippen LogP contribution in [0, 0.1) is 5.41 Å². The van der Waals surface area contributed by atoms with Crippen LogP contribution in [0.4, 0.5) is 0 Å². The van der Waals surface area contributed by atoms with Crippen molar-refractivity contribution in [3.63, 3.8) is 0 Å². The normalized spacial score (nSPS) is 21.4. The summed E-state index contributed by atoms with van der Waals surface area (Å²) in [5, 5.41) is 2.99. The third kappa shape index (κ3) is 4.52. The molecule has 1 saturated carbocycles. The van der Waals surface area contributed by atoms with E-state index in [1.54, 1.807) is 11.4 Å². The molecule has 1 fully saturated rings. The largest absolute Gasteiger partial charge is 0.320 e. The van der Waals surface area contributed by atoms with Crippen LogP contribution in [0.5, 0.6) is 0 Å². The van der Waals surface area contributed by atoms with Crippen LogP contribution in [0.15, 0.2) is 0 Å². The Morgan fingerprint density at radius 2 is 1.83 bits per heavy atom. The Hall–Kier alpha value is -0.130. The van der Waals surface area contributed by atoms with Crippen LogP contribution in [-0.2, 0) is 10.0 Å². The molecular formula is C13H28N2O2S. The van der Waals surface area contributed by atoms with Crippen molar-refractivity contribution in [2.75, 3.05) is 26.4 Å². The summed E-state index contributed by atoms with van der Waals surface area (Å²) in [6.45, 7) is 5.29. The Bertz CT molecular complexity index is 342. The lowest BCUT2D eigenvalue weighted by Crippen LogP contribution is -2.42. The first-order chi connectivity index (χ1) is 8.28. The Kier molecular flexibility index (Phi) is 5.62. The summed E-state index contributed by atoms with van der Waals surface area (Å²) in [5.74, 6) is 0.254. The third-order valence-electron chi connectivity index (χ3n) is 4.09. The molecule has 0 radical (unpaired) electrons. The Labute approximate surface area is 112 Å². The van der Waals surface area contributed by atoms with E-state index in [-0.39, 0.29) is 11.8 Å². The highest BCUT2D eigenvalue weighted by atomic mass is 32.2. The fraction of sp³-hybridized carbons (Fsp3) is 1.00. The van der Waals surface area contributed by atoms with Gasteiger partial charge in [0.25, 0.3) is 0 Å². The maximum atomic E-state index is 12.2. The van der Waals surface area contributed by atoms with Crippen molar-refractivity contribution >= 4 is 10.0 Å². The van der Waals surface area contributed by atoms with Crippen molar-refractivity contribution in [3.8, 4) is 0 Å². The minimum Gasteiger partial charge on any atom is -0.320 e. The zero-order valence-corrected chi connectivity index (χ0v) is 13.0. The predicted octanol–water partition coefficient (Wildman–Crippen LogP) is 1.83. The molecule has 1 aliphatic rings.